The summed E-state index contributed by atoms with van der Waals surface area (Å²) in [6.07, 6.45) is 1.18. The average molecular weight is 343 g/mol. The Morgan fingerprint density at radius 1 is 1.55 bits per heavy atom. The molecule has 2 atom stereocenters. The summed E-state index contributed by atoms with van der Waals surface area (Å²) < 4.78 is 6.26. The largest absolute Gasteiger partial charge is 0.381 e. The van der Waals surface area contributed by atoms with Crippen LogP contribution < -0.4 is 5.32 Å². The topological polar surface area (TPSA) is 64.4 Å². The van der Waals surface area contributed by atoms with E-state index in [9.17, 15) is 10.1 Å². The van der Waals surface area contributed by atoms with Crippen molar-refractivity contribution in [3.8, 4) is 0 Å². The van der Waals surface area contributed by atoms with Crippen LogP contribution in [0.1, 0.15) is 25.8 Å². The second-order valence-corrected chi connectivity index (χ2v) is 6.66. The molecule has 0 spiro atoms. The van der Waals surface area contributed by atoms with Crippen molar-refractivity contribution in [1.29, 1.82) is 0 Å². The Kier molecular flexibility index (Phi) is 4.46. The Bertz CT molecular complexity index is 519. The van der Waals surface area contributed by atoms with Crippen LogP contribution in [-0.4, -0.2) is 24.2 Å². The van der Waals surface area contributed by atoms with Crippen molar-refractivity contribution in [2.24, 2.45) is 5.41 Å². The number of nitrogens with zero attached hydrogens (tertiary/aromatic N) is 1. The maximum absolute atomic E-state index is 11.0. The lowest BCUT2D eigenvalue weighted by Crippen LogP contribution is -2.60. The summed E-state index contributed by atoms with van der Waals surface area (Å²) in [6.45, 7) is 4.79. The van der Waals surface area contributed by atoms with Gasteiger partial charge < -0.3 is 10.1 Å². The predicted molar refractivity (Wildman–Crippen MR) is 80.6 cm³/mol. The molecule has 1 aromatic carbocycles. The van der Waals surface area contributed by atoms with Gasteiger partial charge in [-0.1, -0.05) is 29.8 Å². The highest BCUT2D eigenvalue weighted by atomic mass is 79.9. The number of benzene rings is 1. The van der Waals surface area contributed by atoms with Gasteiger partial charge in [-0.3, -0.25) is 10.1 Å². The molecular formula is C14H19BrN2O3. The van der Waals surface area contributed by atoms with Crippen molar-refractivity contribution in [3.05, 3.63) is 38.3 Å². The molecule has 0 heterocycles. The average Bonchev–Trinajstić information content (AvgIpc) is 2.37. The van der Waals surface area contributed by atoms with E-state index in [0.717, 1.165) is 10.9 Å². The summed E-state index contributed by atoms with van der Waals surface area (Å²) in [5.74, 6) is 0. The van der Waals surface area contributed by atoms with Gasteiger partial charge in [0.2, 0.25) is 0 Å². The number of hydrogen-bond acceptors (Lipinski definition) is 4. The lowest BCUT2D eigenvalue weighted by Gasteiger charge is -2.51. The second-order valence-electron chi connectivity index (χ2n) is 5.75. The molecule has 110 valence electrons. The number of methoxy groups -OCH3 is 1. The molecule has 1 aliphatic carbocycles. The number of ether oxygens (including phenoxy) is 1. The molecule has 0 saturated heterocycles. The van der Waals surface area contributed by atoms with Gasteiger partial charge in [-0.15, -0.1) is 0 Å². The van der Waals surface area contributed by atoms with Crippen LogP contribution in [0.2, 0.25) is 0 Å². The van der Waals surface area contributed by atoms with Crippen LogP contribution in [0.5, 0.6) is 0 Å². The molecule has 6 heteroatoms. The smallest absolute Gasteiger partial charge is 0.273 e. The first kappa shape index (κ1) is 15.4. The molecule has 20 heavy (non-hydrogen) atoms. The molecule has 5 nitrogen and oxygen atoms in total. The second kappa shape index (κ2) is 5.79. The van der Waals surface area contributed by atoms with Crippen molar-refractivity contribution in [2.75, 3.05) is 7.11 Å². The van der Waals surface area contributed by atoms with Gasteiger partial charge in [-0.05, 0) is 18.6 Å². The van der Waals surface area contributed by atoms with Gasteiger partial charge >= 0.3 is 0 Å². The predicted octanol–water partition coefficient (Wildman–Crippen LogP) is 3.26. The van der Waals surface area contributed by atoms with Gasteiger partial charge in [-0.2, -0.15) is 0 Å². The van der Waals surface area contributed by atoms with Crippen LogP contribution in [0.3, 0.4) is 0 Å². The molecule has 1 N–H and O–H groups in total. The summed E-state index contributed by atoms with van der Waals surface area (Å²) in [5.41, 5.74) is 0.900. The van der Waals surface area contributed by atoms with Gasteiger partial charge in [0.15, 0.2) is 0 Å². The first-order chi connectivity index (χ1) is 9.36. The van der Waals surface area contributed by atoms with Crippen LogP contribution in [0.4, 0.5) is 5.69 Å². The minimum absolute atomic E-state index is 0.0511. The van der Waals surface area contributed by atoms with Crippen molar-refractivity contribution >= 4 is 21.6 Å². The molecule has 2 unspecified atom stereocenters. The SMILES string of the molecule is COC1CC(NCc2cc(Br)ccc2[N+](=O)[O-])C1(C)C. The third-order valence-electron chi connectivity index (χ3n) is 4.24. The standard InChI is InChI=1S/C14H19BrN2O3/c1-14(2)12(7-13(14)20-3)16-8-9-6-10(15)4-5-11(9)17(18)19/h4-6,12-13,16H,7-8H2,1-3H3. The van der Waals surface area contributed by atoms with Gasteiger partial charge in [0, 0.05) is 41.2 Å². The van der Waals surface area contributed by atoms with E-state index in [0.29, 0.717) is 18.2 Å². The van der Waals surface area contributed by atoms with E-state index in [2.05, 4.69) is 35.1 Å². The molecule has 1 fully saturated rings. The number of nitro groups is 1. The zero-order chi connectivity index (χ0) is 14.9. The van der Waals surface area contributed by atoms with E-state index in [1.54, 1.807) is 19.2 Å². The molecule has 2 rings (SSSR count). The van der Waals surface area contributed by atoms with E-state index in [-0.39, 0.29) is 22.1 Å². The van der Waals surface area contributed by atoms with E-state index in [4.69, 9.17) is 4.74 Å². The fraction of sp³-hybridized carbons (Fsp3) is 0.571. The van der Waals surface area contributed by atoms with Crippen molar-refractivity contribution in [2.45, 2.75) is 39.0 Å². The number of hydrogen-bond donors (Lipinski definition) is 1. The monoisotopic (exact) mass is 342 g/mol. The summed E-state index contributed by atoms with van der Waals surface area (Å²) in [6, 6.07) is 5.33. The summed E-state index contributed by atoms with van der Waals surface area (Å²) in [5, 5.41) is 14.4. The molecule has 1 saturated carbocycles. The van der Waals surface area contributed by atoms with Crippen LogP contribution in [0.25, 0.3) is 0 Å². The van der Waals surface area contributed by atoms with Gasteiger partial charge in [0.05, 0.1) is 11.0 Å². The Hall–Kier alpha value is -0.980. The maximum atomic E-state index is 11.0. The van der Waals surface area contributed by atoms with Crippen LogP contribution in [-0.2, 0) is 11.3 Å². The number of nitro benzene ring substituents is 1. The third-order valence-corrected chi connectivity index (χ3v) is 4.73. The fourth-order valence-electron chi connectivity index (χ4n) is 2.74. The van der Waals surface area contributed by atoms with Gasteiger partial charge in [0.1, 0.15) is 0 Å². The highest BCUT2D eigenvalue weighted by Crippen LogP contribution is 2.42. The first-order valence-corrected chi connectivity index (χ1v) is 7.34. The number of nitrogens with one attached hydrogen (secondary N) is 1. The zero-order valence-electron chi connectivity index (χ0n) is 11.9. The Morgan fingerprint density at radius 2 is 2.25 bits per heavy atom. The Labute approximate surface area is 127 Å². The summed E-state index contributed by atoms with van der Waals surface area (Å²) >= 11 is 3.36. The number of rotatable bonds is 5. The van der Waals surface area contributed by atoms with Crippen LogP contribution in [0, 0.1) is 15.5 Å². The minimum Gasteiger partial charge on any atom is -0.381 e. The fourth-order valence-corrected chi connectivity index (χ4v) is 3.15. The zero-order valence-corrected chi connectivity index (χ0v) is 13.4. The van der Waals surface area contributed by atoms with Crippen molar-refractivity contribution < 1.29 is 9.66 Å². The van der Waals surface area contributed by atoms with Gasteiger partial charge in [-0.25, -0.2) is 0 Å². The lowest BCUT2D eigenvalue weighted by molar-refractivity contribution is -0.385. The molecule has 1 aromatic rings. The highest BCUT2D eigenvalue weighted by molar-refractivity contribution is 9.10. The molecule has 0 aromatic heterocycles. The van der Waals surface area contributed by atoms with E-state index in [1.165, 1.54) is 6.07 Å². The molecule has 0 amide bonds. The third kappa shape index (κ3) is 2.87. The van der Waals surface area contributed by atoms with E-state index >= 15 is 0 Å². The highest BCUT2D eigenvalue weighted by Gasteiger charge is 2.48. The molecule has 1 aliphatic rings. The summed E-state index contributed by atoms with van der Waals surface area (Å²) in [7, 11) is 1.72. The molecule has 0 radical (unpaired) electrons. The summed E-state index contributed by atoms with van der Waals surface area (Å²) in [4.78, 5) is 10.7. The quantitative estimate of drug-likeness (QED) is 0.658. The van der Waals surface area contributed by atoms with E-state index < -0.39 is 0 Å². The van der Waals surface area contributed by atoms with E-state index in [1.807, 2.05) is 0 Å². The van der Waals surface area contributed by atoms with Crippen molar-refractivity contribution in [3.63, 3.8) is 0 Å². The molecular weight excluding hydrogens is 324 g/mol. The van der Waals surface area contributed by atoms with Gasteiger partial charge in [0.25, 0.3) is 5.69 Å². The van der Waals surface area contributed by atoms with Crippen molar-refractivity contribution in [1.82, 2.24) is 5.32 Å². The maximum Gasteiger partial charge on any atom is 0.273 e. The Morgan fingerprint density at radius 3 is 2.80 bits per heavy atom. The minimum atomic E-state index is -0.340. The van der Waals surface area contributed by atoms with Crippen LogP contribution >= 0.6 is 15.9 Å². The number of halogens is 1. The van der Waals surface area contributed by atoms with Crippen LogP contribution in [0.15, 0.2) is 22.7 Å². The molecule has 0 aliphatic heterocycles. The first-order valence-electron chi connectivity index (χ1n) is 6.55. The Balaban J connectivity index is 2.05. The lowest BCUT2D eigenvalue weighted by atomic mass is 9.64. The normalized spacial score (nSPS) is 24.2. The molecule has 0 bridgehead atoms.